The highest BCUT2D eigenvalue weighted by atomic mass is 32.2. The number of hydrogen-bond acceptors (Lipinski definition) is 3. The van der Waals surface area contributed by atoms with Crippen molar-refractivity contribution in [3.8, 4) is 5.40 Å². The van der Waals surface area contributed by atoms with Crippen LogP contribution in [-0.4, -0.2) is 6.03 Å². The Balaban J connectivity index is 2.90. The number of rotatable bonds is 2. The number of nitrogens with zero attached hydrogens (tertiary/aromatic N) is 1. The number of urea groups is 1. The van der Waals surface area contributed by atoms with Gasteiger partial charge in [0.25, 0.3) is 0 Å². The lowest BCUT2D eigenvalue weighted by molar-refractivity contribution is 0.259. The monoisotopic (exact) mass is 207 g/mol. The smallest absolute Gasteiger partial charge is 0.316 e. The van der Waals surface area contributed by atoms with Crippen LogP contribution in [0.2, 0.25) is 0 Å². The standard InChI is InChI=1S/C9H9N3OS/c1-6-4-7(12-9(11)13)2-3-8(6)14-5-10/h2-4H,1H3,(H3,11,12,13). The molecule has 0 aliphatic carbocycles. The molecule has 4 nitrogen and oxygen atoms in total. The zero-order chi connectivity index (χ0) is 10.6. The van der Waals surface area contributed by atoms with E-state index in [-0.39, 0.29) is 0 Å². The summed E-state index contributed by atoms with van der Waals surface area (Å²) in [6.07, 6.45) is 0. The molecule has 14 heavy (non-hydrogen) atoms. The van der Waals surface area contributed by atoms with E-state index in [4.69, 9.17) is 11.0 Å². The number of thioether (sulfide) groups is 1. The maximum absolute atomic E-state index is 10.5. The molecule has 0 spiro atoms. The van der Waals surface area contributed by atoms with E-state index in [1.54, 1.807) is 18.2 Å². The first-order chi connectivity index (χ1) is 6.63. The third kappa shape index (κ3) is 2.68. The molecule has 72 valence electrons. The zero-order valence-corrected chi connectivity index (χ0v) is 8.39. The van der Waals surface area contributed by atoms with Gasteiger partial charge in [-0.3, -0.25) is 0 Å². The highest BCUT2D eigenvalue weighted by Gasteiger charge is 2.01. The number of nitrogens with two attached hydrogens (primary N) is 1. The summed E-state index contributed by atoms with van der Waals surface area (Å²) in [4.78, 5) is 11.4. The average molecular weight is 207 g/mol. The number of primary amides is 1. The molecular formula is C9H9N3OS. The van der Waals surface area contributed by atoms with Crippen molar-refractivity contribution in [1.29, 1.82) is 5.26 Å². The molecule has 1 rings (SSSR count). The van der Waals surface area contributed by atoms with Gasteiger partial charge in [-0.25, -0.2) is 4.79 Å². The molecule has 5 heteroatoms. The van der Waals surface area contributed by atoms with Crippen molar-refractivity contribution in [1.82, 2.24) is 0 Å². The maximum atomic E-state index is 10.5. The fourth-order valence-electron chi connectivity index (χ4n) is 1.03. The Labute approximate surface area is 86.1 Å². The van der Waals surface area contributed by atoms with Crippen LogP contribution in [0.3, 0.4) is 0 Å². The Morgan fingerprint density at radius 3 is 2.86 bits per heavy atom. The first-order valence-electron chi connectivity index (χ1n) is 3.86. The quantitative estimate of drug-likeness (QED) is 0.575. The molecule has 0 fully saturated rings. The molecule has 0 saturated heterocycles. The number of aryl methyl sites for hydroxylation is 1. The predicted octanol–water partition coefficient (Wildman–Crippen LogP) is 2.06. The van der Waals surface area contributed by atoms with Gasteiger partial charge in [0, 0.05) is 10.6 Å². The van der Waals surface area contributed by atoms with Crippen LogP contribution in [0.5, 0.6) is 0 Å². The van der Waals surface area contributed by atoms with E-state index in [9.17, 15) is 4.79 Å². The van der Waals surface area contributed by atoms with Gasteiger partial charge in [0.2, 0.25) is 0 Å². The van der Waals surface area contributed by atoms with Crippen molar-refractivity contribution in [2.45, 2.75) is 11.8 Å². The lowest BCUT2D eigenvalue weighted by Gasteiger charge is -2.05. The second-order valence-corrected chi connectivity index (χ2v) is 3.49. The summed E-state index contributed by atoms with van der Waals surface area (Å²) in [5.74, 6) is 0. The van der Waals surface area contributed by atoms with Crippen LogP contribution >= 0.6 is 11.8 Å². The molecule has 0 aliphatic heterocycles. The summed E-state index contributed by atoms with van der Waals surface area (Å²) >= 11 is 1.09. The van der Waals surface area contributed by atoms with Crippen molar-refractivity contribution in [3.05, 3.63) is 23.8 Å². The first kappa shape index (κ1) is 10.4. The number of nitriles is 1. The molecule has 2 amide bonds. The van der Waals surface area contributed by atoms with Crippen LogP contribution in [0.1, 0.15) is 5.56 Å². The molecule has 0 aliphatic rings. The minimum absolute atomic E-state index is 0.593. The average Bonchev–Trinajstić information content (AvgIpc) is 2.09. The topological polar surface area (TPSA) is 78.9 Å². The lowest BCUT2D eigenvalue weighted by Crippen LogP contribution is -2.19. The van der Waals surface area contributed by atoms with E-state index in [0.717, 1.165) is 22.2 Å². The molecule has 0 saturated carbocycles. The number of anilines is 1. The van der Waals surface area contributed by atoms with E-state index >= 15 is 0 Å². The van der Waals surface area contributed by atoms with E-state index in [1.807, 2.05) is 12.3 Å². The van der Waals surface area contributed by atoms with Crippen LogP contribution in [0, 0.1) is 17.6 Å². The summed E-state index contributed by atoms with van der Waals surface area (Å²) in [7, 11) is 0. The molecule has 0 heterocycles. The number of nitrogens with one attached hydrogen (secondary N) is 1. The zero-order valence-electron chi connectivity index (χ0n) is 7.57. The van der Waals surface area contributed by atoms with Crippen molar-refractivity contribution in [2.24, 2.45) is 5.73 Å². The molecule has 0 aromatic heterocycles. The molecule has 0 radical (unpaired) electrons. The first-order valence-corrected chi connectivity index (χ1v) is 4.68. The molecule has 0 atom stereocenters. The minimum atomic E-state index is -0.593. The molecule has 1 aromatic rings. The van der Waals surface area contributed by atoms with E-state index in [1.165, 1.54) is 0 Å². The van der Waals surface area contributed by atoms with Gasteiger partial charge in [-0.1, -0.05) is 0 Å². The van der Waals surface area contributed by atoms with Crippen LogP contribution < -0.4 is 11.1 Å². The Hall–Kier alpha value is -1.67. The van der Waals surface area contributed by atoms with Gasteiger partial charge in [-0.05, 0) is 42.4 Å². The molecular weight excluding hydrogens is 198 g/mol. The Morgan fingerprint density at radius 1 is 1.64 bits per heavy atom. The third-order valence-corrected chi connectivity index (χ3v) is 2.37. The second-order valence-electron chi connectivity index (χ2n) is 2.66. The summed E-state index contributed by atoms with van der Waals surface area (Å²) in [5, 5.41) is 12.9. The van der Waals surface area contributed by atoms with Crippen LogP contribution in [0.15, 0.2) is 23.1 Å². The predicted molar refractivity (Wildman–Crippen MR) is 55.9 cm³/mol. The Bertz CT molecular complexity index is 398. The van der Waals surface area contributed by atoms with E-state index in [2.05, 4.69) is 5.32 Å². The van der Waals surface area contributed by atoms with Crippen LogP contribution in [-0.2, 0) is 0 Å². The van der Waals surface area contributed by atoms with Crippen molar-refractivity contribution >= 4 is 23.5 Å². The summed E-state index contributed by atoms with van der Waals surface area (Å²) < 4.78 is 0. The fourth-order valence-corrected chi connectivity index (χ4v) is 1.49. The summed E-state index contributed by atoms with van der Waals surface area (Å²) in [6, 6.07) is 4.65. The Kier molecular flexibility index (Phi) is 3.37. The number of carbonyl (C=O) groups is 1. The van der Waals surface area contributed by atoms with Crippen molar-refractivity contribution in [3.63, 3.8) is 0 Å². The molecule has 1 aromatic carbocycles. The molecule has 0 unspecified atom stereocenters. The summed E-state index contributed by atoms with van der Waals surface area (Å²) in [5.41, 5.74) is 6.53. The van der Waals surface area contributed by atoms with Crippen LogP contribution in [0.25, 0.3) is 0 Å². The number of carbonyl (C=O) groups excluding carboxylic acids is 1. The van der Waals surface area contributed by atoms with Crippen molar-refractivity contribution in [2.75, 3.05) is 5.32 Å². The SMILES string of the molecule is Cc1cc(NC(N)=O)ccc1SC#N. The van der Waals surface area contributed by atoms with E-state index in [0.29, 0.717) is 5.69 Å². The van der Waals surface area contributed by atoms with Gasteiger partial charge in [0.15, 0.2) is 0 Å². The molecule has 0 bridgehead atoms. The maximum Gasteiger partial charge on any atom is 0.316 e. The lowest BCUT2D eigenvalue weighted by atomic mass is 10.2. The van der Waals surface area contributed by atoms with Crippen molar-refractivity contribution < 1.29 is 4.79 Å². The van der Waals surface area contributed by atoms with Gasteiger partial charge >= 0.3 is 6.03 Å². The van der Waals surface area contributed by atoms with Gasteiger partial charge in [0.05, 0.1) is 0 Å². The number of hydrogen-bond donors (Lipinski definition) is 2. The summed E-state index contributed by atoms with van der Waals surface area (Å²) in [6.45, 7) is 1.87. The van der Waals surface area contributed by atoms with E-state index < -0.39 is 6.03 Å². The minimum Gasteiger partial charge on any atom is -0.351 e. The van der Waals surface area contributed by atoms with Gasteiger partial charge in [0.1, 0.15) is 5.40 Å². The second kappa shape index (κ2) is 4.53. The highest BCUT2D eigenvalue weighted by molar-refractivity contribution is 8.03. The number of thiocyanates is 1. The molecule has 3 N–H and O–H groups in total. The van der Waals surface area contributed by atoms with Gasteiger partial charge in [-0.2, -0.15) is 5.26 Å². The highest BCUT2D eigenvalue weighted by Crippen LogP contribution is 2.23. The van der Waals surface area contributed by atoms with Gasteiger partial charge in [-0.15, -0.1) is 0 Å². The number of benzene rings is 1. The fraction of sp³-hybridized carbons (Fsp3) is 0.111. The largest absolute Gasteiger partial charge is 0.351 e. The normalized spacial score (nSPS) is 9.14. The van der Waals surface area contributed by atoms with Crippen LogP contribution in [0.4, 0.5) is 10.5 Å². The Morgan fingerprint density at radius 2 is 2.36 bits per heavy atom. The third-order valence-electron chi connectivity index (χ3n) is 1.60. The number of amides is 2. The van der Waals surface area contributed by atoms with Gasteiger partial charge < -0.3 is 11.1 Å².